The molecule has 0 spiro atoms. The smallest absolute Gasteiger partial charge is 0.317 e. The second-order valence-corrected chi connectivity index (χ2v) is 7.64. The van der Waals surface area contributed by atoms with Gasteiger partial charge in [-0.05, 0) is 39.9 Å². The van der Waals surface area contributed by atoms with Crippen molar-refractivity contribution < 1.29 is 14.7 Å². The lowest BCUT2D eigenvalue weighted by Gasteiger charge is -2.42. The van der Waals surface area contributed by atoms with E-state index in [1.807, 2.05) is 32.5 Å². The molecule has 20 heavy (non-hydrogen) atoms. The third-order valence-corrected chi connectivity index (χ3v) is 5.28. The molecule has 1 rings (SSSR count). The summed E-state index contributed by atoms with van der Waals surface area (Å²) in [6.45, 7) is 6.65. The Hall–Kier alpha value is -0.910. The van der Waals surface area contributed by atoms with E-state index >= 15 is 0 Å². The Morgan fingerprint density at radius 1 is 1.35 bits per heavy atom. The van der Waals surface area contributed by atoms with E-state index in [1.165, 1.54) is 6.42 Å². The van der Waals surface area contributed by atoms with Gasteiger partial charge in [-0.2, -0.15) is 11.8 Å². The Morgan fingerprint density at radius 3 is 2.30 bits per heavy atom. The van der Waals surface area contributed by atoms with Crippen molar-refractivity contribution in [3.05, 3.63) is 0 Å². The van der Waals surface area contributed by atoms with Gasteiger partial charge >= 0.3 is 12.0 Å². The summed E-state index contributed by atoms with van der Waals surface area (Å²) in [6, 6.07) is -0.168. The number of carbonyl (C=O) groups excluding carboxylic acids is 1. The van der Waals surface area contributed by atoms with Crippen LogP contribution in [0.1, 0.15) is 46.5 Å². The molecule has 6 heteroatoms. The standard InChI is InChI=1S/C14H26N2O3S/c1-13(2,3)16(9-6-11(17)18)12(19)15-10-14(20-4)7-5-8-14/h5-10H2,1-4H3,(H,15,19)(H,17,18). The van der Waals surface area contributed by atoms with Crippen LogP contribution in [0.15, 0.2) is 0 Å². The van der Waals surface area contributed by atoms with Crippen LogP contribution < -0.4 is 5.32 Å². The number of thioether (sulfide) groups is 1. The largest absolute Gasteiger partial charge is 0.481 e. The summed E-state index contributed by atoms with van der Waals surface area (Å²) in [5, 5.41) is 11.8. The van der Waals surface area contributed by atoms with Gasteiger partial charge in [-0.15, -0.1) is 0 Å². The van der Waals surface area contributed by atoms with Gasteiger partial charge in [0.05, 0.1) is 6.42 Å². The molecule has 2 N–H and O–H groups in total. The Labute approximate surface area is 125 Å². The first-order valence-electron chi connectivity index (χ1n) is 7.03. The SMILES string of the molecule is CSC1(CNC(=O)N(CCC(=O)O)C(C)(C)C)CCC1. The molecule has 5 nitrogen and oxygen atoms in total. The number of carbonyl (C=O) groups is 2. The monoisotopic (exact) mass is 302 g/mol. The molecule has 0 aromatic carbocycles. The van der Waals surface area contributed by atoms with E-state index < -0.39 is 5.97 Å². The lowest BCUT2D eigenvalue weighted by Crippen LogP contribution is -2.54. The van der Waals surface area contributed by atoms with Gasteiger partial charge in [-0.1, -0.05) is 6.42 Å². The predicted octanol–water partition coefficient (Wildman–Crippen LogP) is 2.56. The van der Waals surface area contributed by atoms with Crippen LogP contribution in [0, 0.1) is 0 Å². The topological polar surface area (TPSA) is 69.6 Å². The van der Waals surface area contributed by atoms with Crippen LogP contribution in [0.25, 0.3) is 0 Å². The first kappa shape index (κ1) is 17.1. The zero-order chi connectivity index (χ0) is 15.4. The fourth-order valence-electron chi connectivity index (χ4n) is 2.31. The van der Waals surface area contributed by atoms with Gasteiger partial charge in [-0.3, -0.25) is 4.79 Å². The molecule has 0 aromatic rings. The minimum Gasteiger partial charge on any atom is -0.481 e. The van der Waals surface area contributed by atoms with Gasteiger partial charge in [0.15, 0.2) is 0 Å². The molecule has 0 aromatic heterocycles. The van der Waals surface area contributed by atoms with Crippen LogP contribution >= 0.6 is 11.8 Å². The highest BCUT2D eigenvalue weighted by atomic mass is 32.2. The van der Waals surface area contributed by atoms with Crippen LogP contribution in [0.2, 0.25) is 0 Å². The van der Waals surface area contributed by atoms with Gasteiger partial charge in [0.2, 0.25) is 0 Å². The normalized spacial score (nSPS) is 17.2. The first-order valence-corrected chi connectivity index (χ1v) is 8.25. The van der Waals surface area contributed by atoms with Crippen molar-refractivity contribution in [1.29, 1.82) is 0 Å². The van der Waals surface area contributed by atoms with Crippen molar-refractivity contribution in [2.45, 2.75) is 56.7 Å². The number of amides is 2. The summed E-state index contributed by atoms with van der Waals surface area (Å²) < 4.78 is 0.187. The van der Waals surface area contributed by atoms with Crippen molar-refractivity contribution in [2.24, 2.45) is 0 Å². The highest BCUT2D eigenvalue weighted by Crippen LogP contribution is 2.42. The molecule has 2 amide bonds. The Morgan fingerprint density at radius 2 is 1.95 bits per heavy atom. The Kier molecular flexibility index (Phi) is 5.74. The van der Waals surface area contributed by atoms with E-state index in [0.717, 1.165) is 12.8 Å². The summed E-state index contributed by atoms with van der Waals surface area (Å²) in [7, 11) is 0. The van der Waals surface area contributed by atoms with Gasteiger partial charge < -0.3 is 15.3 Å². The summed E-state index contributed by atoms with van der Waals surface area (Å²) in [5.74, 6) is -0.883. The number of urea groups is 1. The molecule has 1 aliphatic carbocycles. The molecule has 116 valence electrons. The number of nitrogens with zero attached hydrogens (tertiary/aromatic N) is 1. The maximum atomic E-state index is 12.3. The zero-order valence-corrected chi connectivity index (χ0v) is 13.7. The van der Waals surface area contributed by atoms with Crippen molar-refractivity contribution in [1.82, 2.24) is 10.2 Å². The molecule has 1 fully saturated rings. The molecule has 1 aliphatic rings. The highest BCUT2D eigenvalue weighted by Gasteiger charge is 2.37. The van der Waals surface area contributed by atoms with E-state index in [4.69, 9.17) is 5.11 Å². The second-order valence-electron chi connectivity index (χ2n) is 6.37. The fourth-order valence-corrected chi connectivity index (χ4v) is 3.22. The fraction of sp³-hybridized carbons (Fsp3) is 0.857. The molecule has 0 atom stereocenters. The zero-order valence-electron chi connectivity index (χ0n) is 12.9. The van der Waals surface area contributed by atoms with Gasteiger partial charge in [0, 0.05) is 23.4 Å². The number of rotatable bonds is 6. The number of carboxylic acid groups (broad SMARTS) is 1. The number of hydrogen-bond donors (Lipinski definition) is 2. The number of aliphatic carboxylic acids is 1. The average Bonchev–Trinajstić information content (AvgIpc) is 2.26. The summed E-state index contributed by atoms with van der Waals surface area (Å²) >= 11 is 1.81. The quantitative estimate of drug-likeness (QED) is 0.791. The number of hydrogen-bond acceptors (Lipinski definition) is 3. The van der Waals surface area contributed by atoms with E-state index in [9.17, 15) is 9.59 Å². The van der Waals surface area contributed by atoms with Gasteiger partial charge in [0.1, 0.15) is 0 Å². The summed E-state index contributed by atoms with van der Waals surface area (Å²) in [5.41, 5.74) is -0.383. The lowest BCUT2D eigenvalue weighted by molar-refractivity contribution is -0.137. The summed E-state index contributed by atoms with van der Waals surface area (Å²) in [6.07, 6.45) is 5.55. The van der Waals surface area contributed by atoms with Crippen molar-refractivity contribution in [3.63, 3.8) is 0 Å². The summed E-state index contributed by atoms with van der Waals surface area (Å²) in [4.78, 5) is 24.6. The molecular formula is C14H26N2O3S. The molecular weight excluding hydrogens is 276 g/mol. The number of nitrogens with one attached hydrogen (secondary N) is 1. The first-order chi connectivity index (χ1) is 9.20. The van der Waals surface area contributed by atoms with Crippen LogP contribution in [0.5, 0.6) is 0 Å². The second kappa shape index (κ2) is 6.70. The predicted molar refractivity (Wildman–Crippen MR) is 82.2 cm³/mol. The third kappa shape index (κ3) is 4.58. The molecule has 0 unspecified atom stereocenters. The lowest BCUT2D eigenvalue weighted by atomic mass is 9.84. The molecule has 0 heterocycles. The van der Waals surface area contributed by atoms with E-state index in [0.29, 0.717) is 6.54 Å². The Balaban J connectivity index is 2.57. The Bertz CT molecular complexity index is 356. The highest BCUT2D eigenvalue weighted by molar-refractivity contribution is 8.00. The van der Waals surface area contributed by atoms with E-state index in [2.05, 4.69) is 11.6 Å². The van der Waals surface area contributed by atoms with Crippen LogP contribution in [-0.4, -0.2) is 51.6 Å². The van der Waals surface area contributed by atoms with Crippen molar-refractivity contribution in [3.8, 4) is 0 Å². The molecule has 0 bridgehead atoms. The van der Waals surface area contributed by atoms with E-state index in [-0.39, 0.29) is 29.3 Å². The maximum absolute atomic E-state index is 12.3. The van der Waals surface area contributed by atoms with Crippen molar-refractivity contribution in [2.75, 3.05) is 19.3 Å². The van der Waals surface area contributed by atoms with Crippen molar-refractivity contribution >= 4 is 23.8 Å². The number of carboxylic acids is 1. The van der Waals surface area contributed by atoms with Crippen LogP contribution in [-0.2, 0) is 4.79 Å². The molecule has 0 saturated heterocycles. The average molecular weight is 302 g/mol. The minimum absolute atomic E-state index is 0.0294. The van der Waals surface area contributed by atoms with Crippen LogP contribution in [0.4, 0.5) is 4.79 Å². The molecule has 1 saturated carbocycles. The third-order valence-electron chi connectivity index (χ3n) is 3.86. The maximum Gasteiger partial charge on any atom is 0.317 e. The van der Waals surface area contributed by atoms with E-state index in [1.54, 1.807) is 4.90 Å². The minimum atomic E-state index is -0.883. The molecule has 0 aliphatic heterocycles. The van der Waals surface area contributed by atoms with Gasteiger partial charge in [0.25, 0.3) is 0 Å². The van der Waals surface area contributed by atoms with Crippen LogP contribution in [0.3, 0.4) is 0 Å². The molecule has 0 radical (unpaired) electrons. The van der Waals surface area contributed by atoms with Gasteiger partial charge in [-0.25, -0.2) is 4.79 Å².